The Hall–Kier alpha value is -1.95. The summed E-state index contributed by atoms with van der Waals surface area (Å²) in [5.74, 6) is 0.558. The van der Waals surface area contributed by atoms with Crippen LogP contribution in [0.25, 0.3) is 5.82 Å². The second-order valence-electron chi connectivity index (χ2n) is 3.98. The minimum Gasteiger partial charge on any atom is -0.258 e. The third-order valence-electron chi connectivity index (χ3n) is 2.70. The Bertz CT molecular complexity index is 636. The molecule has 0 aliphatic rings. The van der Waals surface area contributed by atoms with E-state index in [1.807, 2.05) is 6.92 Å². The summed E-state index contributed by atoms with van der Waals surface area (Å²) in [5.41, 5.74) is 1.89. The molecular formula is C11H11ClN4O2. The fourth-order valence-corrected chi connectivity index (χ4v) is 1.87. The van der Waals surface area contributed by atoms with E-state index in [1.54, 1.807) is 19.9 Å². The highest BCUT2D eigenvalue weighted by Gasteiger charge is 2.19. The molecule has 94 valence electrons. The zero-order chi connectivity index (χ0) is 13.4. The van der Waals surface area contributed by atoms with Gasteiger partial charge in [-0.25, -0.2) is 9.67 Å². The molecule has 0 fully saturated rings. The van der Waals surface area contributed by atoms with Gasteiger partial charge in [-0.3, -0.25) is 10.1 Å². The largest absolute Gasteiger partial charge is 0.310 e. The van der Waals surface area contributed by atoms with Crippen LogP contribution < -0.4 is 0 Å². The van der Waals surface area contributed by atoms with Crippen LogP contribution in [0, 0.1) is 30.9 Å². The normalized spacial score (nSPS) is 10.7. The quantitative estimate of drug-likeness (QED) is 0.619. The summed E-state index contributed by atoms with van der Waals surface area (Å²) in [6.45, 7) is 5.25. The van der Waals surface area contributed by atoms with E-state index < -0.39 is 4.92 Å². The Kier molecular flexibility index (Phi) is 3.04. The van der Waals surface area contributed by atoms with Gasteiger partial charge in [0.2, 0.25) is 0 Å². The van der Waals surface area contributed by atoms with E-state index in [1.165, 1.54) is 10.9 Å². The predicted octanol–water partition coefficient (Wildman–Crippen LogP) is 2.75. The second-order valence-corrected chi connectivity index (χ2v) is 4.39. The van der Waals surface area contributed by atoms with Crippen LogP contribution in [0.4, 0.5) is 5.69 Å². The van der Waals surface area contributed by atoms with Crippen molar-refractivity contribution in [3.63, 3.8) is 0 Å². The minimum atomic E-state index is -0.461. The molecule has 0 saturated carbocycles. The SMILES string of the molecule is Cc1cc(Cl)c(C)nc1-n1ncc([N+](=O)[O-])c1C. The van der Waals surface area contributed by atoms with E-state index in [-0.39, 0.29) is 5.69 Å². The summed E-state index contributed by atoms with van der Waals surface area (Å²) >= 11 is 5.97. The number of halogens is 1. The van der Waals surface area contributed by atoms with Crippen molar-refractivity contribution in [1.82, 2.24) is 14.8 Å². The summed E-state index contributed by atoms with van der Waals surface area (Å²) in [5, 5.41) is 15.4. The molecule has 2 rings (SSSR count). The summed E-state index contributed by atoms with van der Waals surface area (Å²) in [4.78, 5) is 14.6. The van der Waals surface area contributed by atoms with E-state index >= 15 is 0 Å². The first kappa shape index (κ1) is 12.5. The fraction of sp³-hybridized carbons (Fsp3) is 0.273. The third-order valence-corrected chi connectivity index (χ3v) is 3.08. The maximum atomic E-state index is 10.8. The van der Waals surface area contributed by atoms with Crippen LogP contribution in [0.1, 0.15) is 17.0 Å². The van der Waals surface area contributed by atoms with Crippen molar-refractivity contribution in [2.75, 3.05) is 0 Å². The molecule has 18 heavy (non-hydrogen) atoms. The van der Waals surface area contributed by atoms with Crippen molar-refractivity contribution in [2.24, 2.45) is 0 Å². The average molecular weight is 267 g/mol. The Morgan fingerprint density at radius 1 is 1.39 bits per heavy atom. The van der Waals surface area contributed by atoms with E-state index in [0.717, 1.165) is 5.56 Å². The summed E-state index contributed by atoms with van der Waals surface area (Å²) < 4.78 is 1.46. The maximum absolute atomic E-state index is 10.8. The van der Waals surface area contributed by atoms with Crippen molar-refractivity contribution >= 4 is 17.3 Å². The lowest BCUT2D eigenvalue weighted by Gasteiger charge is -2.08. The van der Waals surface area contributed by atoms with E-state index in [2.05, 4.69) is 10.1 Å². The van der Waals surface area contributed by atoms with Crippen molar-refractivity contribution < 1.29 is 4.92 Å². The number of pyridine rings is 1. The molecule has 0 amide bonds. The first-order valence-electron chi connectivity index (χ1n) is 5.25. The molecule has 2 aromatic rings. The molecule has 0 aromatic carbocycles. The van der Waals surface area contributed by atoms with Gasteiger partial charge in [-0.2, -0.15) is 5.10 Å². The molecule has 0 unspecified atom stereocenters. The Morgan fingerprint density at radius 2 is 2.06 bits per heavy atom. The standard InChI is InChI=1S/C11H11ClN4O2/c1-6-4-9(12)7(2)14-11(6)15-8(3)10(5-13-15)16(17)18/h4-5H,1-3H3. The zero-order valence-corrected chi connectivity index (χ0v) is 10.9. The summed E-state index contributed by atoms with van der Waals surface area (Å²) in [6, 6.07) is 1.77. The van der Waals surface area contributed by atoms with Crippen molar-refractivity contribution in [2.45, 2.75) is 20.8 Å². The lowest BCUT2D eigenvalue weighted by atomic mass is 10.2. The van der Waals surface area contributed by atoms with Crippen LogP contribution in [-0.4, -0.2) is 19.7 Å². The highest BCUT2D eigenvalue weighted by atomic mass is 35.5. The molecule has 2 aromatic heterocycles. The first-order chi connectivity index (χ1) is 8.41. The van der Waals surface area contributed by atoms with Gasteiger partial charge in [0, 0.05) is 0 Å². The highest BCUT2D eigenvalue weighted by Crippen LogP contribution is 2.24. The number of hydrogen-bond acceptors (Lipinski definition) is 4. The van der Waals surface area contributed by atoms with Crippen molar-refractivity contribution in [3.8, 4) is 5.82 Å². The van der Waals surface area contributed by atoms with Gasteiger partial charge in [-0.1, -0.05) is 11.6 Å². The molecule has 0 aliphatic heterocycles. The lowest BCUT2D eigenvalue weighted by Crippen LogP contribution is -2.06. The van der Waals surface area contributed by atoms with Gasteiger partial charge in [0.1, 0.15) is 11.9 Å². The molecule has 2 heterocycles. The smallest absolute Gasteiger partial charge is 0.258 e. The molecule has 0 aliphatic carbocycles. The van der Waals surface area contributed by atoms with Crippen LogP contribution >= 0.6 is 11.6 Å². The Labute approximate surface area is 108 Å². The van der Waals surface area contributed by atoms with E-state index in [4.69, 9.17) is 11.6 Å². The fourth-order valence-electron chi connectivity index (χ4n) is 1.67. The van der Waals surface area contributed by atoms with Gasteiger partial charge >= 0.3 is 5.69 Å². The van der Waals surface area contributed by atoms with Gasteiger partial charge in [0.05, 0.1) is 15.6 Å². The number of hydrogen-bond donors (Lipinski definition) is 0. The van der Waals surface area contributed by atoms with Crippen LogP contribution in [0.15, 0.2) is 12.3 Å². The third kappa shape index (κ3) is 1.95. The maximum Gasteiger partial charge on any atom is 0.310 e. The van der Waals surface area contributed by atoms with Gasteiger partial charge in [0.15, 0.2) is 5.82 Å². The monoisotopic (exact) mass is 266 g/mol. The van der Waals surface area contributed by atoms with Gasteiger partial charge in [-0.05, 0) is 32.4 Å². The number of nitro groups is 1. The van der Waals surface area contributed by atoms with Gasteiger partial charge in [0.25, 0.3) is 0 Å². The zero-order valence-electron chi connectivity index (χ0n) is 10.1. The summed E-state index contributed by atoms with van der Waals surface area (Å²) in [7, 11) is 0. The molecular weight excluding hydrogens is 256 g/mol. The molecule has 0 radical (unpaired) electrons. The second kappa shape index (κ2) is 4.38. The Morgan fingerprint density at radius 3 is 2.61 bits per heavy atom. The van der Waals surface area contributed by atoms with E-state index in [9.17, 15) is 10.1 Å². The molecule has 6 nitrogen and oxygen atoms in total. The first-order valence-corrected chi connectivity index (χ1v) is 5.62. The molecule has 0 saturated heterocycles. The molecule has 7 heteroatoms. The topological polar surface area (TPSA) is 73.8 Å². The highest BCUT2D eigenvalue weighted by molar-refractivity contribution is 6.31. The van der Waals surface area contributed by atoms with Crippen LogP contribution in [-0.2, 0) is 0 Å². The lowest BCUT2D eigenvalue weighted by molar-refractivity contribution is -0.385. The Balaban J connectivity index is 2.63. The van der Waals surface area contributed by atoms with Crippen LogP contribution in [0.2, 0.25) is 5.02 Å². The number of aromatic nitrogens is 3. The van der Waals surface area contributed by atoms with Gasteiger partial charge < -0.3 is 0 Å². The van der Waals surface area contributed by atoms with Crippen LogP contribution in [0.5, 0.6) is 0 Å². The van der Waals surface area contributed by atoms with Crippen LogP contribution in [0.3, 0.4) is 0 Å². The van der Waals surface area contributed by atoms with Crippen molar-refractivity contribution in [1.29, 1.82) is 0 Å². The molecule has 0 spiro atoms. The summed E-state index contributed by atoms with van der Waals surface area (Å²) in [6.07, 6.45) is 1.22. The van der Waals surface area contributed by atoms with Gasteiger partial charge in [-0.15, -0.1) is 0 Å². The molecule has 0 bridgehead atoms. The minimum absolute atomic E-state index is 0.0243. The predicted molar refractivity (Wildman–Crippen MR) is 67.2 cm³/mol. The number of nitrogens with zero attached hydrogens (tertiary/aromatic N) is 4. The van der Waals surface area contributed by atoms with Crippen molar-refractivity contribution in [3.05, 3.63) is 44.4 Å². The number of rotatable bonds is 2. The molecule has 0 N–H and O–H groups in total. The van der Waals surface area contributed by atoms with E-state index in [0.29, 0.717) is 22.2 Å². The molecule has 0 atom stereocenters. The number of aryl methyl sites for hydroxylation is 2. The average Bonchev–Trinajstić information content (AvgIpc) is 2.66.